The van der Waals surface area contributed by atoms with Gasteiger partial charge >= 0.3 is 0 Å². The van der Waals surface area contributed by atoms with Gasteiger partial charge in [0.2, 0.25) is 0 Å². The molecule has 0 aliphatic carbocycles. The smallest absolute Gasteiger partial charge is 0.296 e. The summed E-state index contributed by atoms with van der Waals surface area (Å²) in [6.45, 7) is 0. The van der Waals surface area contributed by atoms with Gasteiger partial charge in [0, 0.05) is 4.90 Å². The molecule has 0 radical (unpaired) electrons. The molecule has 0 saturated heterocycles. The van der Waals surface area contributed by atoms with E-state index < -0.39 is 17.5 Å². The third-order valence-electron chi connectivity index (χ3n) is 2.74. The highest BCUT2D eigenvalue weighted by Gasteiger charge is 2.29. The molecule has 1 heterocycles. The van der Waals surface area contributed by atoms with E-state index in [1.165, 1.54) is 17.8 Å². The number of halogens is 1. The van der Waals surface area contributed by atoms with E-state index in [1.54, 1.807) is 0 Å². The summed E-state index contributed by atoms with van der Waals surface area (Å²) in [6.07, 6.45) is 0. The third-order valence-corrected chi connectivity index (χ3v) is 3.78. The number of fused-ring (bicyclic) bond motifs is 1. The lowest BCUT2D eigenvalue weighted by atomic mass is 10.1. The fourth-order valence-corrected chi connectivity index (χ4v) is 2.72. The van der Waals surface area contributed by atoms with Crippen molar-refractivity contribution in [3.8, 4) is 0 Å². The number of carbonyl (C=O) groups is 2. The maximum atomic E-state index is 13.9. The lowest BCUT2D eigenvalue weighted by molar-refractivity contribution is -0.112. The topological polar surface area (TPSA) is 46.2 Å². The van der Waals surface area contributed by atoms with E-state index in [4.69, 9.17) is 0 Å². The van der Waals surface area contributed by atoms with Crippen molar-refractivity contribution in [2.75, 3.05) is 5.32 Å². The molecular formula is C14H8FNO2S. The Hall–Kier alpha value is -2.14. The van der Waals surface area contributed by atoms with E-state index in [2.05, 4.69) is 5.32 Å². The van der Waals surface area contributed by atoms with Gasteiger partial charge in [0.1, 0.15) is 5.82 Å². The predicted molar refractivity (Wildman–Crippen MR) is 69.9 cm³/mol. The average molecular weight is 273 g/mol. The van der Waals surface area contributed by atoms with Crippen LogP contribution in [0, 0.1) is 5.82 Å². The first kappa shape index (κ1) is 11.9. The Labute approximate surface area is 112 Å². The molecule has 0 unspecified atom stereocenters. The second kappa shape index (κ2) is 4.51. The minimum Gasteiger partial charge on any atom is -0.318 e. The van der Waals surface area contributed by atoms with Crippen molar-refractivity contribution in [2.45, 2.75) is 9.79 Å². The second-order valence-corrected chi connectivity index (χ2v) is 5.14. The quantitative estimate of drug-likeness (QED) is 0.855. The van der Waals surface area contributed by atoms with E-state index >= 15 is 0 Å². The Morgan fingerprint density at radius 3 is 2.53 bits per heavy atom. The van der Waals surface area contributed by atoms with Gasteiger partial charge in [-0.2, -0.15) is 0 Å². The first-order valence-electron chi connectivity index (χ1n) is 5.57. The van der Waals surface area contributed by atoms with Crippen LogP contribution in [0.2, 0.25) is 0 Å². The fourth-order valence-electron chi connectivity index (χ4n) is 1.84. The summed E-state index contributed by atoms with van der Waals surface area (Å²) in [4.78, 5) is 23.9. The molecule has 5 heteroatoms. The monoisotopic (exact) mass is 273 g/mol. The van der Waals surface area contributed by atoms with Gasteiger partial charge in [-0.05, 0) is 24.3 Å². The molecule has 19 heavy (non-hydrogen) atoms. The second-order valence-electron chi connectivity index (χ2n) is 4.03. The van der Waals surface area contributed by atoms with Crippen molar-refractivity contribution in [1.29, 1.82) is 0 Å². The summed E-state index contributed by atoms with van der Waals surface area (Å²) in [6, 6.07) is 11.9. The van der Waals surface area contributed by atoms with Crippen LogP contribution < -0.4 is 5.32 Å². The summed E-state index contributed by atoms with van der Waals surface area (Å²) in [7, 11) is 0. The highest BCUT2D eigenvalue weighted by molar-refractivity contribution is 7.99. The number of rotatable bonds is 2. The van der Waals surface area contributed by atoms with E-state index in [0.29, 0.717) is 10.6 Å². The number of ketones is 1. The minimum absolute atomic E-state index is 0.0971. The standard InChI is InChI=1S/C14H8FNO2S/c15-10-6-9-11(16-14(18)13(9)17)7-12(10)19-8-4-2-1-3-5-8/h1-7H,(H,16,17,18). The lowest BCUT2D eigenvalue weighted by Gasteiger charge is -2.05. The SMILES string of the molecule is O=C1Nc2cc(Sc3ccccc3)c(F)cc2C1=O. The van der Waals surface area contributed by atoms with Crippen LogP contribution in [-0.2, 0) is 4.79 Å². The molecule has 1 aliphatic heterocycles. The van der Waals surface area contributed by atoms with E-state index in [0.717, 1.165) is 11.0 Å². The maximum Gasteiger partial charge on any atom is 0.296 e. The fraction of sp³-hybridized carbons (Fsp3) is 0. The summed E-state index contributed by atoms with van der Waals surface area (Å²) >= 11 is 1.25. The molecule has 1 amide bonds. The van der Waals surface area contributed by atoms with E-state index in [9.17, 15) is 14.0 Å². The molecule has 2 aromatic rings. The molecule has 1 N–H and O–H groups in total. The summed E-state index contributed by atoms with van der Waals surface area (Å²) in [5.41, 5.74) is 0.467. The van der Waals surface area contributed by atoms with Gasteiger partial charge in [0.05, 0.1) is 16.1 Å². The molecule has 1 aliphatic rings. The van der Waals surface area contributed by atoms with Crippen molar-refractivity contribution in [2.24, 2.45) is 0 Å². The zero-order valence-corrected chi connectivity index (χ0v) is 10.5. The van der Waals surface area contributed by atoms with Crippen molar-refractivity contribution in [3.05, 3.63) is 53.8 Å². The van der Waals surface area contributed by atoms with Crippen molar-refractivity contribution in [3.63, 3.8) is 0 Å². The number of nitrogens with one attached hydrogen (secondary N) is 1. The van der Waals surface area contributed by atoms with E-state index in [1.807, 2.05) is 30.3 Å². The summed E-state index contributed by atoms with van der Waals surface area (Å²) in [5.74, 6) is -1.90. The predicted octanol–water partition coefficient (Wildman–Crippen LogP) is 3.11. The number of amides is 1. The van der Waals surface area contributed by atoms with Crippen LogP contribution in [0.15, 0.2) is 52.3 Å². The van der Waals surface area contributed by atoms with Crippen molar-refractivity contribution >= 4 is 29.1 Å². The molecule has 0 atom stereocenters. The minimum atomic E-state index is -0.712. The number of anilines is 1. The highest BCUT2D eigenvalue weighted by Crippen LogP contribution is 2.35. The Balaban J connectivity index is 1.99. The number of hydrogen-bond acceptors (Lipinski definition) is 3. The van der Waals surface area contributed by atoms with Gasteiger partial charge in [0.25, 0.3) is 11.7 Å². The van der Waals surface area contributed by atoms with Crippen LogP contribution in [0.5, 0.6) is 0 Å². The Morgan fingerprint density at radius 1 is 1.05 bits per heavy atom. The first-order chi connectivity index (χ1) is 9.15. The van der Waals surface area contributed by atoms with Gasteiger partial charge in [-0.1, -0.05) is 30.0 Å². The molecule has 3 nitrogen and oxygen atoms in total. The van der Waals surface area contributed by atoms with Gasteiger partial charge in [-0.25, -0.2) is 4.39 Å². The number of benzene rings is 2. The normalized spacial score (nSPS) is 13.3. The first-order valence-corrected chi connectivity index (χ1v) is 6.39. The number of hydrogen-bond donors (Lipinski definition) is 1. The molecule has 94 valence electrons. The molecule has 0 saturated carbocycles. The van der Waals surface area contributed by atoms with Crippen LogP contribution in [-0.4, -0.2) is 11.7 Å². The summed E-state index contributed by atoms with van der Waals surface area (Å²) < 4.78 is 13.9. The number of carbonyl (C=O) groups excluding carboxylic acids is 2. The zero-order valence-electron chi connectivity index (χ0n) is 9.64. The Morgan fingerprint density at radius 2 is 1.79 bits per heavy atom. The van der Waals surface area contributed by atoms with Crippen LogP contribution in [0.4, 0.5) is 10.1 Å². The molecule has 3 rings (SSSR count). The summed E-state index contributed by atoms with van der Waals surface area (Å²) in [5, 5.41) is 2.43. The third kappa shape index (κ3) is 2.13. The van der Waals surface area contributed by atoms with Crippen LogP contribution in [0.1, 0.15) is 10.4 Å². The largest absolute Gasteiger partial charge is 0.318 e. The van der Waals surface area contributed by atoms with Gasteiger partial charge < -0.3 is 5.32 Å². The van der Waals surface area contributed by atoms with Crippen LogP contribution >= 0.6 is 11.8 Å². The maximum absolute atomic E-state index is 13.9. The Bertz CT molecular complexity index is 685. The van der Waals surface area contributed by atoms with Gasteiger partial charge in [0.15, 0.2) is 0 Å². The highest BCUT2D eigenvalue weighted by atomic mass is 32.2. The molecule has 0 spiro atoms. The van der Waals surface area contributed by atoms with Gasteiger partial charge in [-0.3, -0.25) is 9.59 Å². The van der Waals surface area contributed by atoms with Crippen LogP contribution in [0.25, 0.3) is 0 Å². The average Bonchev–Trinajstić information content (AvgIpc) is 2.67. The van der Waals surface area contributed by atoms with E-state index in [-0.39, 0.29) is 5.56 Å². The number of Topliss-reactive ketones (excluding diaryl/α,β-unsaturated/α-hetero) is 1. The Kier molecular flexibility index (Phi) is 2.83. The molecule has 0 aromatic heterocycles. The van der Waals surface area contributed by atoms with Crippen LogP contribution in [0.3, 0.4) is 0 Å². The molecular weight excluding hydrogens is 265 g/mol. The van der Waals surface area contributed by atoms with Crippen molar-refractivity contribution < 1.29 is 14.0 Å². The van der Waals surface area contributed by atoms with Gasteiger partial charge in [-0.15, -0.1) is 0 Å². The molecule has 2 aromatic carbocycles. The molecule has 0 bridgehead atoms. The van der Waals surface area contributed by atoms with Crippen molar-refractivity contribution in [1.82, 2.24) is 0 Å². The lowest BCUT2D eigenvalue weighted by Crippen LogP contribution is -2.12. The zero-order chi connectivity index (χ0) is 13.4. The molecule has 0 fully saturated rings.